The van der Waals surface area contributed by atoms with Crippen LogP contribution in [-0.2, 0) is 14.3 Å². The molecule has 0 aromatic heterocycles. The molecule has 7 heteroatoms. The van der Waals surface area contributed by atoms with Crippen molar-refractivity contribution < 1.29 is 24.2 Å². The number of carboxylic acids is 1. The van der Waals surface area contributed by atoms with Crippen molar-refractivity contribution in [3.63, 3.8) is 0 Å². The largest absolute Gasteiger partial charge is 0.481 e. The minimum absolute atomic E-state index is 0.0139. The number of nitrogens with one attached hydrogen (secondary N) is 1. The van der Waals surface area contributed by atoms with E-state index >= 15 is 0 Å². The molecular formula is C27H32N2O5. The van der Waals surface area contributed by atoms with Gasteiger partial charge in [0.25, 0.3) is 0 Å². The summed E-state index contributed by atoms with van der Waals surface area (Å²) in [6, 6.07) is 16.1. The Labute approximate surface area is 200 Å². The number of rotatable bonds is 8. The predicted molar refractivity (Wildman–Crippen MR) is 128 cm³/mol. The van der Waals surface area contributed by atoms with Gasteiger partial charge in [-0.25, -0.2) is 4.79 Å². The van der Waals surface area contributed by atoms with Crippen LogP contribution in [0.25, 0.3) is 11.1 Å². The van der Waals surface area contributed by atoms with Crippen LogP contribution in [0, 0.1) is 5.92 Å². The molecule has 1 aliphatic heterocycles. The van der Waals surface area contributed by atoms with E-state index in [1.165, 1.54) is 11.1 Å². The van der Waals surface area contributed by atoms with Gasteiger partial charge in [0.15, 0.2) is 0 Å². The lowest BCUT2D eigenvalue weighted by atomic mass is 9.96. The van der Waals surface area contributed by atoms with E-state index in [2.05, 4.69) is 29.6 Å². The summed E-state index contributed by atoms with van der Waals surface area (Å²) in [5.41, 5.74) is 4.66. The molecule has 34 heavy (non-hydrogen) atoms. The molecule has 1 fully saturated rings. The summed E-state index contributed by atoms with van der Waals surface area (Å²) in [6.07, 6.45) is 2.11. The zero-order chi connectivity index (χ0) is 24.1. The summed E-state index contributed by atoms with van der Waals surface area (Å²) in [5, 5.41) is 12.0. The first-order chi connectivity index (χ1) is 16.5. The highest BCUT2D eigenvalue weighted by atomic mass is 16.5. The van der Waals surface area contributed by atoms with Gasteiger partial charge in [-0.15, -0.1) is 0 Å². The molecule has 0 saturated carbocycles. The van der Waals surface area contributed by atoms with Crippen molar-refractivity contribution in [1.29, 1.82) is 0 Å². The van der Waals surface area contributed by atoms with Crippen molar-refractivity contribution in [3.8, 4) is 11.1 Å². The van der Waals surface area contributed by atoms with Gasteiger partial charge in [0.2, 0.25) is 5.91 Å². The van der Waals surface area contributed by atoms with Gasteiger partial charge in [-0.2, -0.15) is 0 Å². The number of hydrogen-bond donors (Lipinski definition) is 2. The minimum Gasteiger partial charge on any atom is -0.481 e. The molecule has 2 aliphatic rings. The first-order valence-corrected chi connectivity index (χ1v) is 12.1. The van der Waals surface area contributed by atoms with Gasteiger partial charge in [0, 0.05) is 31.5 Å². The monoisotopic (exact) mass is 464 g/mol. The number of nitrogens with zero attached hydrogens (tertiary/aromatic N) is 1. The second kappa shape index (κ2) is 10.7. The Bertz CT molecular complexity index is 999. The fourth-order valence-electron chi connectivity index (χ4n) is 5.10. The molecule has 7 nitrogen and oxygen atoms in total. The summed E-state index contributed by atoms with van der Waals surface area (Å²) < 4.78 is 5.64. The lowest BCUT2D eigenvalue weighted by Gasteiger charge is -2.31. The Morgan fingerprint density at radius 3 is 2.18 bits per heavy atom. The topological polar surface area (TPSA) is 95.9 Å². The highest BCUT2D eigenvalue weighted by molar-refractivity contribution is 5.80. The van der Waals surface area contributed by atoms with Gasteiger partial charge in [0.1, 0.15) is 6.61 Å². The van der Waals surface area contributed by atoms with E-state index in [4.69, 9.17) is 9.84 Å². The van der Waals surface area contributed by atoms with Crippen molar-refractivity contribution in [2.45, 2.75) is 51.0 Å². The predicted octanol–water partition coefficient (Wildman–Crippen LogP) is 4.41. The first-order valence-electron chi connectivity index (χ1n) is 12.1. The van der Waals surface area contributed by atoms with Crippen LogP contribution in [0.5, 0.6) is 0 Å². The third-order valence-electron chi connectivity index (χ3n) is 6.92. The second-order valence-corrected chi connectivity index (χ2v) is 9.15. The number of carboxylic acid groups (broad SMARTS) is 1. The number of likely N-dealkylation sites (tertiary alicyclic amines) is 1. The Morgan fingerprint density at radius 2 is 1.62 bits per heavy atom. The van der Waals surface area contributed by atoms with Crippen LogP contribution < -0.4 is 5.32 Å². The van der Waals surface area contributed by atoms with Crippen molar-refractivity contribution in [2.24, 2.45) is 5.92 Å². The van der Waals surface area contributed by atoms with E-state index in [-0.39, 0.29) is 36.8 Å². The van der Waals surface area contributed by atoms with Crippen molar-refractivity contribution in [1.82, 2.24) is 10.2 Å². The number of carbonyl (C=O) groups is 3. The van der Waals surface area contributed by atoms with E-state index in [0.29, 0.717) is 32.4 Å². The number of aliphatic carboxylic acids is 1. The number of alkyl carbamates (subject to hydrolysis) is 1. The lowest BCUT2D eigenvalue weighted by molar-refractivity contribution is -0.145. The van der Waals surface area contributed by atoms with Crippen LogP contribution in [-0.4, -0.2) is 53.7 Å². The molecule has 4 rings (SSSR count). The molecule has 2 aromatic carbocycles. The number of carbonyl (C=O) groups excluding carboxylic acids is 2. The average Bonchev–Trinajstić information content (AvgIpc) is 3.16. The maximum Gasteiger partial charge on any atom is 0.407 e. The van der Waals surface area contributed by atoms with Crippen molar-refractivity contribution >= 4 is 18.0 Å². The molecule has 0 bridgehead atoms. The molecule has 0 unspecified atom stereocenters. The molecule has 2 N–H and O–H groups in total. The van der Waals surface area contributed by atoms with Crippen LogP contribution in [0.2, 0.25) is 0 Å². The number of ether oxygens (including phenoxy) is 1. The van der Waals surface area contributed by atoms with Crippen LogP contribution in [0.15, 0.2) is 48.5 Å². The van der Waals surface area contributed by atoms with E-state index in [1.807, 2.05) is 31.2 Å². The number of benzene rings is 2. The Morgan fingerprint density at radius 1 is 1.03 bits per heavy atom. The number of piperidine rings is 1. The van der Waals surface area contributed by atoms with Crippen LogP contribution in [0.4, 0.5) is 4.79 Å². The molecule has 1 saturated heterocycles. The molecule has 1 aliphatic carbocycles. The van der Waals surface area contributed by atoms with E-state index < -0.39 is 12.1 Å². The van der Waals surface area contributed by atoms with Crippen LogP contribution in [0.1, 0.15) is 56.1 Å². The first kappa shape index (κ1) is 23.8. The standard InChI is InChI=1S/C27H32N2O5/c1-2-7-19(16-25(30)29-14-12-18(13-15-29)26(31)32)28-27(33)34-17-24-22-10-5-3-8-20(22)21-9-4-6-11-23(21)24/h3-6,8-11,18-19,24H,2,7,12-17H2,1H3,(H,28,33)(H,31,32)/t19-/m0/s1. The third-order valence-corrected chi connectivity index (χ3v) is 6.92. The quantitative estimate of drug-likeness (QED) is 0.603. The van der Waals surface area contributed by atoms with Crippen LogP contribution in [0.3, 0.4) is 0 Å². The van der Waals surface area contributed by atoms with E-state index in [1.54, 1.807) is 4.90 Å². The highest BCUT2D eigenvalue weighted by Crippen LogP contribution is 2.44. The van der Waals surface area contributed by atoms with Crippen molar-refractivity contribution in [2.75, 3.05) is 19.7 Å². The smallest absolute Gasteiger partial charge is 0.407 e. The number of fused-ring (bicyclic) bond motifs is 3. The maximum absolute atomic E-state index is 12.8. The molecule has 2 aromatic rings. The van der Waals surface area contributed by atoms with Gasteiger partial charge < -0.3 is 20.1 Å². The normalized spacial score (nSPS) is 16.4. The molecular weight excluding hydrogens is 432 g/mol. The molecule has 2 amide bonds. The fraction of sp³-hybridized carbons (Fsp3) is 0.444. The molecule has 0 radical (unpaired) electrons. The molecule has 1 atom stereocenters. The maximum atomic E-state index is 12.8. The Hall–Kier alpha value is -3.35. The average molecular weight is 465 g/mol. The molecule has 180 valence electrons. The Balaban J connectivity index is 1.32. The zero-order valence-corrected chi connectivity index (χ0v) is 19.5. The summed E-state index contributed by atoms with van der Waals surface area (Å²) >= 11 is 0. The highest BCUT2D eigenvalue weighted by Gasteiger charge is 2.30. The van der Waals surface area contributed by atoms with Gasteiger partial charge in [-0.05, 0) is 41.5 Å². The number of hydrogen-bond acceptors (Lipinski definition) is 4. The number of amides is 2. The summed E-state index contributed by atoms with van der Waals surface area (Å²) in [5.74, 6) is -1.25. The summed E-state index contributed by atoms with van der Waals surface area (Å²) in [7, 11) is 0. The second-order valence-electron chi connectivity index (χ2n) is 9.15. The van der Waals surface area contributed by atoms with Gasteiger partial charge in [-0.1, -0.05) is 61.9 Å². The lowest BCUT2D eigenvalue weighted by Crippen LogP contribution is -2.44. The minimum atomic E-state index is -0.798. The summed E-state index contributed by atoms with van der Waals surface area (Å²) in [6.45, 7) is 3.13. The molecule has 0 spiro atoms. The third kappa shape index (κ3) is 5.24. The Kier molecular flexibility index (Phi) is 7.50. The van der Waals surface area contributed by atoms with Gasteiger partial charge in [0.05, 0.1) is 5.92 Å². The van der Waals surface area contributed by atoms with E-state index in [0.717, 1.165) is 17.5 Å². The zero-order valence-electron chi connectivity index (χ0n) is 19.5. The molecule has 1 heterocycles. The van der Waals surface area contributed by atoms with Gasteiger partial charge >= 0.3 is 12.1 Å². The van der Waals surface area contributed by atoms with Gasteiger partial charge in [-0.3, -0.25) is 9.59 Å². The van der Waals surface area contributed by atoms with E-state index in [9.17, 15) is 14.4 Å². The SMILES string of the molecule is CCC[C@@H](CC(=O)N1CCC(C(=O)O)CC1)NC(=O)OCC1c2ccccc2-c2ccccc21. The van der Waals surface area contributed by atoms with Crippen LogP contribution >= 0.6 is 0 Å². The van der Waals surface area contributed by atoms with Crippen molar-refractivity contribution in [3.05, 3.63) is 59.7 Å². The summed E-state index contributed by atoms with van der Waals surface area (Å²) in [4.78, 5) is 38.3. The fourth-order valence-corrected chi connectivity index (χ4v) is 5.10.